The number of imide groups is 1. The van der Waals surface area contributed by atoms with Gasteiger partial charge in [0.05, 0.1) is 12.8 Å². The van der Waals surface area contributed by atoms with E-state index in [0.29, 0.717) is 5.76 Å². The molecule has 0 saturated heterocycles. The zero-order valence-corrected chi connectivity index (χ0v) is 12.2. The van der Waals surface area contributed by atoms with E-state index in [1.807, 2.05) is 5.32 Å². The number of rotatable bonds is 5. The number of halogens is 2. The summed E-state index contributed by atoms with van der Waals surface area (Å²) < 4.78 is 36.2. The third-order valence-electron chi connectivity index (χ3n) is 2.76. The van der Waals surface area contributed by atoms with Crippen LogP contribution in [-0.2, 0) is 16.1 Å². The molecule has 2 rings (SSSR count). The van der Waals surface area contributed by atoms with Gasteiger partial charge in [-0.15, -0.1) is 0 Å². The van der Waals surface area contributed by atoms with Gasteiger partial charge in [-0.3, -0.25) is 10.1 Å². The second-order valence-electron chi connectivity index (χ2n) is 4.48. The summed E-state index contributed by atoms with van der Waals surface area (Å²) in [5, 5.41) is 4.21. The third kappa shape index (κ3) is 4.63. The number of hydrogen-bond donors (Lipinski definition) is 2. The van der Waals surface area contributed by atoms with Gasteiger partial charge in [0.2, 0.25) is 0 Å². The first-order valence-electron chi connectivity index (χ1n) is 6.68. The summed E-state index contributed by atoms with van der Waals surface area (Å²) in [6.45, 7) is -0.826. The lowest BCUT2D eigenvalue weighted by atomic mass is 10.2. The van der Waals surface area contributed by atoms with E-state index in [-0.39, 0.29) is 6.54 Å². The van der Waals surface area contributed by atoms with Crippen molar-refractivity contribution in [1.29, 1.82) is 0 Å². The predicted octanol–water partition coefficient (Wildman–Crippen LogP) is 1.74. The van der Waals surface area contributed by atoms with Crippen LogP contribution in [0.1, 0.15) is 16.1 Å². The van der Waals surface area contributed by atoms with Crippen molar-refractivity contribution in [1.82, 2.24) is 10.6 Å². The number of nitrogens with one attached hydrogen (secondary N) is 2. The Morgan fingerprint density at radius 1 is 1.08 bits per heavy atom. The van der Waals surface area contributed by atoms with Gasteiger partial charge in [0.15, 0.2) is 6.61 Å². The summed E-state index contributed by atoms with van der Waals surface area (Å²) >= 11 is 0. The summed E-state index contributed by atoms with van der Waals surface area (Å²) in [6, 6.07) is 5.24. The number of hydrogen-bond acceptors (Lipinski definition) is 5. The topological polar surface area (TPSA) is 97.6 Å². The maximum atomic E-state index is 13.4. The smallest absolute Gasteiger partial charge is 0.344 e. The highest BCUT2D eigenvalue weighted by Gasteiger charge is 2.20. The molecule has 0 aliphatic carbocycles. The Labute approximate surface area is 134 Å². The van der Waals surface area contributed by atoms with Crippen LogP contribution in [0.4, 0.5) is 13.6 Å². The average molecular weight is 338 g/mol. The molecule has 0 saturated carbocycles. The Balaban J connectivity index is 1.78. The standard InChI is InChI=1S/C15H12F2N2O5/c16-10-4-1-5-11(17)13(10)14(21)24-8-12(20)19-15(22)18-7-9-3-2-6-23-9/h1-6H,7-8H2,(H2,18,19,20,22). The molecule has 0 unspecified atom stereocenters. The second-order valence-corrected chi connectivity index (χ2v) is 4.48. The highest BCUT2D eigenvalue weighted by Crippen LogP contribution is 2.13. The number of furan rings is 1. The molecule has 1 aromatic heterocycles. The van der Waals surface area contributed by atoms with Crippen molar-refractivity contribution < 1.29 is 32.3 Å². The highest BCUT2D eigenvalue weighted by atomic mass is 19.1. The molecule has 9 heteroatoms. The molecule has 0 atom stereocenters. The van der Waals surface area contributed by atoms with E-state index >= 15 is 0 Å². The van der Waals surface area contributed by atoms with Gasteiger partial charge in [0, 0.05) is 0 Å². The van der Waals surface area contributed by atoms with Crippen LogP contribution in [0.25, 0.3) is 0 Å². The summed E-state index contributed by atoms with van der Waals surface area (Å²) in [6.07, 6.45) is 1.42. The Kier molecular flexibility index (Phi) is 5.61. The molecule has 1 heterocycles. The second kappa shape index (κ2) is 7.86. The minimum atomic E-state index is -1.35. The minimum Gasteiger partial charge on any atom is -0.467 e. The lowest BCUT2D eigenvalue weighted by Crippen LogP contribution is -2.41. The number of esters is 1. The fraction of sp³-hybridized carbons (Fsp3) is 0.133. The molecule has 1 aromatic carbocycles. The summed E-state index contributed by atoms with van der Waals surface area (Å²) in [5.41, 5.74) is -0.910. The number of benzene rings is 1. The van der Waals surface area contributed by atoms with E-state index < -0.39 is 41.7 Å². The molecule has 0 spiro atoms. The van der Waals surface area contributed by atoms with E-state index in [9.17, 15) is 23.2 Å². The molecule has 0 fully saturated rings. The SMILES string of the molecule is O=C(COC(=O)c1c(F)cccc1F)NC(=O)NCc1ccco1. The van der Waals surface area contributed by atoms with E-state index in [1.54, 1.807) is 12.1 Å². The van der Waals surface area contributed by atoms with Crippen LogP contribution in [0.15, 0.2) is 41.0 Å². The Morgan fingerprint density at radius 3 is 2.42 bits per heavy atom. The molecular weight excluding hydrogens is 326 g/mol. The minimum absolute atomic E-state index is 0.0480. The lowest BCUT2D eigenvalue weighted by Gasteiger charge is -2.07. The zero-order chi connectivity index (χ0) is 17.5. The Hall–Kier alpha value is -3.23. The molecule has 24 heavy (non-hydrogen) atoms. The van der Waals surface area contributed by atoms with Crippen molar-refractivity contribution in [3.05, 3.63) is 59.6 Å². The van der Waals surface area contributed by atoms with Crippen LogP contribution < -0.4 is 10.6 Å². The van der Waals surface area contributed by atoms with E-state index in [0.717, 1.165) is 18.2 Å². The van der Waals surface area contributed by atoms with Gasteiger partial charge in [-0.1, -0.05) is 6.07 Å². The molecule has 2 aromatic rings. The van der Waals surface area contributed by atoms with Crippen LogP contribution in [0.3, 0.4) is 0 Å². The van der Waals surface area contributed by atoms with Crippen molar-refractivity contribution in [3.63, 3.8) is 0 Å². The molecule has 3 amide bonds. The van der Waals surface area contributed by atoms with Crippen LogP contribution in [0.2, 0.25) is 0 Å². The van der Waals surface area contributed by atoms with Gasteiger partial charge in [-0.2, -0.15) is 0 Å². The maximum Gasteiger partial charge on any atom is 0.344 e. The van der Waals surface area contributed by atoms with Gasteiger partial charge in [0.25, 0.3) is 5.91 Å². The average Bonchev–Trinajstić information content (AvgIpc) is 3.04. The van der Waals surface area contributed by atoms with E-state index in [2.05, 4.69) is 10.1 Å². The number of amides is 3. The van der Waals surface area contributed by atoms with Crippen LogP contribution >= 0.6 is 0 Å². The van der Waals surface area contributed by atoms with Gasteiger partial charge < -0.3 is 14.5 Å². The fourth-order valence-electron chi connectivity index (χ4n) is 1.68. The molecule has 0 aliphatic heterocycles. The molecular formula is C15H12F2N2O5. The number of ether oxygens (including phenoxy) is 1. The fourth-order valence-corrected chi connectivity index (χ4v) is 1.68. The van der Waals surface area contributed by atoms with E-state index in [4.69, 9.17) is 4.42 Å². The maximum absolute atomic E-state index is 13.4. The van der Waals surface area contributed by atoms with Gasteiger partial charge >= 0.3 is 12.0 Å². The van der Waals surface area contributed by atoms with Crippen molar-refractivity contribution in [2.45, 2.75) is 6.54 Å². The predicted molar refractivity (Wildman–Crippen MR) is 75.7 cm³/mol. The molecule has 126 valence electrons. The van der Waals surface area contributed by atoms with Crippen molar-refractivity contribution in [3.8, 4) is 0 Å². The van der Waals surface area contributed by atoms with Crippen molar-refractivity contribution >= 4 is 17.9 Å². The summed E-state index contributed by atoms with van der Waals surface area (Å²) in [4.78, 5) is 34.4. The van der Waals surface area contributed by atoms with Crippen LogP contribution in [-0.4, -0.2) is 24.5 Å². The number of urea groups is 1. The molecule has 0 bridgehead atoms. The summed E-state index contributed by atoms with van der Waals surface area (Å²) in [7, 11) is 0. The van der Waals surface area contributed by atoms with Crippen molar-refractivity contribution in [2.24, 2.45) is 0 Å². The Morgan fingerprint density at radius 2 is 1.79 bits per heavy atom. The zero-order valence-electron chi connectivity index (χ0n) is 12.2. The van der Waals surface area contributed by atoms with Gasteiger partial charge in [-0.05, 0) is 24.3 Å². The quantitative estimate of drug-likeness (QED) is 0.810. The number of carbonyl (C=O) groups excluding carboxylic acids is 3. The number of carbonyl (C=O) groups is 3. The largest absolute Gasteiger partial charge is 0.467 e. The Bertz CT molecular complexity index is 726. The first kappa shape index (κ1) is 17.1. The molecule has 2 N–H and O–H groups in total. The first-order chi connectivity index (χ1) is 11.5. The van der Waals surface area contributed by atoms with Crippen molar-refractivity contribution in [2.75, 3.05) is 6.61 Å². The van der Waals surface area contributed by atoms with Crippen LogP contribution in [0.5, 0.6) is 0 Å². The first-order valence-corrected chi connectivity index (χ1v) is 6.68. The monoisotopic (exact) mass is 338 g/mol. The van der Waals surface area contributed by atoms with E-state index in [1.165, 1.54) is 6.26 Å². The molecule has 7 nitrogen and oxygen atoms in total. The molecule has 0 radical (unpaired) electrons. The summed E-state index contributed by atoms with van der Waals surface area (Å²) in [5.74, 6) is -4.07. The molecule has 0 aliphatic rings. The van der Waals surface area contributed by atoms with Gasteiger partial charge in [-0.25, -0.2) is 18.4 Å². The normalized spacial score (nSPS) is 10.1. The van der Waals surface area contributed by atoms with Gasteiger partial charge in [0.1, 0.15) is 23.0 Å². The highest BCUT2D eigenvalue weighted by molar-refractivity contribution is 5.97. The van der Waals surface area contributed by atoms with Crippen LogP contribution in [0, 0.1) is 11.6 Å². The third-order valence-corrected chi connectivity index (χ3v) is 2.76. The lowest BCUT2D eigenvalue weighted by molar-refractivity contribution is -0.123.